The Hall–Kier alpha value is -0.740. The van der Waals surface area contributed by atoms with E-state index in [0.29, 0.717) is 0 Å². The van der Waals surface area contributed by atoms with Gasteiger partial charge in [-0.15, -0.1) is 0 Å². The van der Waals surface area contributed by atoms with Crippen LogP contribution in [0, 0.1) is 0 Å². The normalized spacial score (nSPS) is 7.00. The maximum atomic E-state index is 9.69. The SMILES string of the molecule is CC(=O)CN.CC(=O)CN.CCC.CCC. The molecule has 0 aromatic carbocycles. The van der Waals surface area contributed by atoms with Gasteiger partial charge in [0.1, 0.15) is 11.6 Å². The number of hydrogen-bond acceptors (Lipinski definition) is 4. The molecule has 0 saturated heterocycles. The molecule has 0 aliphatic rings. The summed E-state index contributed by atoms with van der Waals surface area (Å²) in [4.78, 5) is 19.4. The number of carbonyl (C=O) groups excluding carboxylic acids is 2. The largest absolute Gasteiger partial charge is 0.324 e. The van der Waals surface area contributed by atoms with Crippen LogP contribution in [-0.4, -0.2) is 24.7 Å². The highest BCUT2D eigenvalue weighted by Gasteiger charge is 1.77. The predicted molar refractivity (Wildman–Crippen MR) is 71.4 cm³/mol. The summed E-state index contributed by atoms with van der Waals surface area (Å²) in [5.74, 6) is 0.0648. The van der Waals surface area contributed by atoms with Gasteiger partial charge in [-0.3, -0.25) is 9.59 Å². The Morgan fingerprint density at radius 2 is 0.812 bits per heavy atom. The molecule has 4 N–H and O–H groups in total. The molecule has 100 valence electrons. The van der Waals surface area contributed by atoms with Crippen molar-refractivity contribution in [3.63, 3.8) is 0 Å². The fraction of sp³-hybridized carbons (Fsp3) is 0.833. The molecular weight excluding hydrogens is 204 g/mol. The van der Waals surface area contributed by atoms with Crippen LogP contribution in [0.2, 0.25) is 0 Å². The van der Waals surface area contributed by atoms with Gasteiger partial charge in [-0.2, -0.15) is 0 Å². The Morgan fingerprint density at radius 1 is 0.750 bits per heavy atom. The third-order valence-electron chi connectivity index (χ3n) is 0.575. The number of ketones is 2. The second-order valence-electron chi connectivity index (χ2n) is 3.23. The summed E-state index contributed by atoms with van der Waals surface area (Å²) in [5, 5.41) is 0. The van der Waals surface area contributed by atoms with Crippen LogP contribution < -0.4 is 11.5 Å². The zero-order valence-corrected chi connectivity index (χ0v) is 11.8. The molecule has 0 fully saturated rings. The van der Waals surface area contributed by atoms with Crippen LogP contribution in [0.3, 0.4) is 0 Å². The highest BCUT2D eigenvalue weighted by Crippen LogP contribution is 1.56. The first-order chi connectivity index (χ1) is 7.37. The molecular formula is C12H30N2O2. The van der Waals surface area contributed by atoms with E-state index in [2.05, 4.69) is 27.7 Å². The van der Waals surface area contributed by atoms with Crippen LogP contribution in [0.25, 0.3) is 0 Å². The maximum Gasteiger partial charge on any atom is 0.143 e. The second kappa shape index (κ2) is 29.2. The van der Waals surface area contributed by atoms with E-state index in [1.54, 1.807) is 0 Å². The number of hydrogen-bond donors (Lipinski definition) is 2. The van der Waals surface area contributed by atoms with Crippen molar-refractivity contribution in [2.75, 3.05) is 13.1 Å². The summed E-state index contributed by atoms with van der Waals surface area (Å²) < 4.78 is 0. The van der Waals surface area contributed by atoms with Crippen LogP contribution in [0.5, 0.6) is 0 Å². The lowest BCUT2D eigenvalue weighted by molar-refractivity contribution is -0.116. The zero-order valence-electron chi connectivity index (χ0n) is 11.8. The van der Waals surface area contributed by atoms with Crippen LogP contribution in [0.15, 0.2) is 0 Å². The number of nitrogens with two attached hydrogens (primary N) is 2. The number of Topliss-reactive ketones (excluding diaryl/α,β-unsaturated/α-hetero) is 2. The quantitative estimate of drug-likeness (QED) is 0.764. The molecule has 0 aromatic heterocycles. The molecule has 0 heterocycles. The molecule has 0 aromatic rings. The molecule has 0 bridgehead atoms. The van der Waals surface area contributed by atoms with E-state index >= 15 is 0 Å². The lowest BCUT2D eigenvalue weighted by Gasteiger charge is -1.73. The van der Waals surface area contributed by atoms with E-state index in [1.807, 2.05) is 0 Å². The second-order valence-corrected chi connectivity index (χ2v) is 3.23. The van der Waals surface area contributed by atoms with Gasteiger partial charge in [-0.05, 0) is 13.8 Å². The monoisotopic (exact) mass is 234 g/mol. The number of rotatable bonds is 2. The van der Waals surface area contributed by atoms with E-state index in [4.69, 9.17) is 11.5 Å². The Balaban J connectivity index is -0.0000000621. The standard InChI is InChI=1S/2C3H7NO.2C3H8/c2*1-3(5)2-4;2*1-3-2/h2*2,4H2,1H3;2*3H2,1-2H3. The summed E-state index contributed by atoms with van der Waals surface area (Å²) in [7, 11) is 0. The number of carbonyl (C=O) groups is 2. The molecule has 4 nitrogen and oxygen atoms in total. The molecule has 0 unspecified atom stereocenters. The van der Waals surface area contributed by atoms with E-state index in [9.17, 15) is 9.59 Å². The third-order valence-corrected chi connectivity index (χ3v) is 0.575. The van der Waals surface area contributed by atoms with E-state index in [1.165, 1.54) is 26.7 Å². The topological polar surface area (TPSA) is 86.2 Å². The van der Waals surface area contributed by atoms with Crippen LogP contribution >= 0.6 is 0 Å². The Labute approximate surface area is 101 Å². The lowest BCUT2D eigenvalue weighted by Crippen LogP contribution is -2.07. The molecule has 4 heteroatoms. The first kappa shape index (κ1) is 24.5. The molecule has 0 spiro atoms. The van der Waals surface area contributed by atoms with Crippen LogP contribution in [0.1, 0.15) is 54.4 Å². The van der Waals surface area contributed by atoms with Gasteiger partial charge >= 0.3 is 0 Å². The smallest absolute Gasteiger partial charge is 0.143 e. The molecule has 0 amide bonds. The van der Waals surface area contributed by atoms with E-state index in [0.717, 1.165) is 0 Å². The van der Waals surface area contributed by atoms with Crippen molar-refractivity contribution in [1.82, 2.24) is 0 Å². The molecule has 0 saturated carbocycles. The minimum Gasteiger partial charge on any atom is -0.324 e. The Morgan fingerprint density at radius 3 is 0.812 bits per heavy atom. The van der Waals surface area contributed by atoms with Crippen LogP contribution in [0.4, 0.5) is 0 Å². The summed E-state index contributed by atoms with van der Waals surface area (Å²) in [6.45, 7) is 11.8. The first-order valence-electron chi connectivity index (χ1n) is 5.76. The minimum absolute atomic E-state index is 0.0324. The molecule has 0 radical (unpaired) electrons. The van der Waals surface area contributed by atoms with Crippen molar-refractivity contribution in [2.24, 2.45) is 11.5 Å². The zero-order chi connectivity index (χ0) is 14.0. The summed E-state index contributed by atoms with van der Waals surface area (Å²) >= 11 is 0. The van der Waals surface area contributed by atoms with Crippen molar-refractivity contribution in [3.8, 4) is 0 Å². The Bertz CT molecular complexity index is 121. The fourth-order valence-electron chi connectivity index (χ4n) is 0. The molecule has 0 atom stereocenters. The first-order valence-corrected chi connectivity index (χ1v) is 5.76. The van der Waals surface area contributed by atoms with Crippen molar-refractivity contribution < 1.29 is 9.59 Å². The van der Waals surface area contributed by atoms with Gasteiger partial charge in [0.15, 0.2) is 0 Å². The van der Waals surface area contributed by atoms with Crippen molar-refractivity contribution >= 4 is 11.6 Å². The van der Waals surface area contributed by atoms with Gasteiger partial charge in [0.2, 0.25) is 0 Å². The molecule has 16 heavy (non-hydrogen) atoms. The molecule has 0 aliphatic heterocycles. The Kier molecular flexibility index (Phi) is 44.7. The van der Waals surface area contributed by atoms with E-state index < -0.39 is 0 Å². The van der Waals surface area contributed by atoms with Crippen LogP contribution in [-0.2, 0) is 9.59 Å². The van der Waals surface area contributed by atoms with Gasteiger partial charge in [-0.25, -0.2) is 0 Å². The molecule has 0 aliphatic carbocycles. The lowest BCUT2D eigenvalue weighted by atomic mass is 10.5. The predicted octanol–water partition coefficient (Wildman–Crippen LogP) is 1.90. The van der Waals surface area contributed by atoms with Crippen molar-refractivity contribution in [3.05, 3.63) is 0 Å². The summed E-state index contributed by atoms with van der Waals surface area (Å²) in [6.07, 6.45) is 2.50. The summed E-state index contributed by atoms with van der Waals surface area (Å²) in [6, 6.07) is 0. The average molecular weight is 234 g/mol. The maximum absolute atomic E-state index is 9.69. The van der Waals surface area contributed by atoms with Gasteiger partial charge in [0.25, 0.3) is 0 Å². The van der Waals surface area contributed by atoms with Gasteiger partial charge < -0.3 is 11.5 Å². The third kappa shape index (κ3) is 188. The van der Waals surface area contributed by atoms with Gasteiger partial charge in [0.05, 0.1) is 13.1 Å². The summed E-state index contributed by atoms with van der Waals surface area (Å²) in [5.41, 5.74) is 9.64. The van der Waals surface area contributed by atoms with E-state index in [-0.39, 0.29) is 24.7 Å². The van der Waals surface area contributed by atoms with Crippen molar-refractivity contribution in [1.29, 1.82) is 0 Å². The van der Waals surface area contributed by atoms with Gasteiger partial charge in [-0.1, -0.05) is 40.5 Å². The molecule has 0 rings (SSSR count). The highest BCUT2D eigenvalue weighted by atomic mass is 16.1. The minimum atomic E-state index is 0.0324. The average Bonchev–Trinajstić information content (AvgIpc) is 2.21. The fourth-order valence-corrected chi connectivity index (χ4v) is 0. The van der Waals surface area contributed by atoms with Crippen molar-refractivity contribution in [2.45, 2.75) is 54.4 Å². The van der Waals surface area contributed by atoms with Gasteiger partial charge in [0, 0.05) is 0 Å². The highest BCUT2D eigenvalue weighted by molar-refractivity contribution is 5.77.